The summed E-state index contributed by atoms with van der Waals surface area (Å²) < 4.78 is 0. The summed E-state index contributed by atoms with van der Waals surface area (Å²) >= 11 is 0. The minimum atomic E-state index is -0.777. The van der Waals surface area contributed by atoms with Crippen molar-refractivity contribution in [1.29, 1.82) is 0 Å². The van der Waals surface area contributed by atoms with Crippen molar-refractivity contribution in [1.82, 2.24) is 0 Å². The molecule has 0 aliphatic rings. The molecule has 3 N–H and O–H groups in total. The molecule has 24 heavy (non-hydrogen) atoms. The number of aliphatic carboxylic acids is 1. The van der Waals surface area contributed by atoms with Gasteiger partial charge in [-0.1, -0.05) is 74.8 Å². The van der Waals surface area contributed by atoms with E-state index >= 15 is 0 Å². The number of hydrogen-bond acceptors (Lipinski definition) is 3. The summed E-state index contributed by atoms with van der Waals surface area (Å²) in [7, 11) is 0. The molecule has 0 fully saturated rings. The van der Waals surface area contributed by atoms with E-state index in [2.05, 4.69) is 6.92 Å². The fourth-order valence-electron chi connectivity index (χ4n) is 2.02. The van der Waals surface area contributed by atoms with Gasteiger partial charge in [0.1, 0.15) is 0 Å². The van der Waals surface area contributed by atoms with Crippen LogP contribution in [0.5, 0.6) is 0 Å². The number of aliphatic hydroxyl groups is 2. The van der Waals surface area contributed by atoms with Gasteiger partial charge in [0.15, 0.2) is 0 Å². The van der Waals surface area contributed by atoms with Crippen LogP contribution in [0, 0.1) is 0 Å². The van der Waals surface area contributed by atoms with Gasteiger partial charge in [0.25, 0.3) is 0 Å². The first-order valence-corrected chi connectivity index (χ1v) is 8.80. The molecule has 4 heteroatoms. The van der Waals surface area contributed by atoms with Crippen LogP contribution in [-0.4, -0.2) is 33.5 Å². The molecule has 2 unspecified atom stereocenters. The maximum atomic E-state index is 10.3. The van der Waals surface area contributed by atoms with E-state index < -0.39 is 12.1 Å². The largest absolute Gasteiger partial charge is 0.481 e. The van der Waals surface area contributed by atoms with Crippen LogP contribution in [-0.2, 0) is 4.79 Å². The molecule has 0 spiro atoms. The number of unbranched alkanes of at least 4 members (excludes halogenated alkanes) is 3. The first-order chi connectivity index (χ1) is 11.6. The highest BCUT2D eigenvalue weighted by Gasteiger charge is 1.97. The molecule has 0 rings (SSSR count). The lowest BCUT2D eigenvalue weighted by Crippen LogP contribution is -2.00. The second-order valence-electron chi connectivity index (χ2n) is 5.78. The Morgan fingerprint density at radius 1 is 0.917 bits per heavy atom. The smallest absolute Gasteiger partial charge is 0.303 e. The molecule has 0 amide bonds. The summed E-state index contributed by atoms with van der Waals surface area (Å²) in [6.07, 6.45) is 19.7. The normalized spacial score (nSPS) is 15.1. The van der Waals surface area contributed by atoms with E-state index in [4.69, 9.17) is 5.11 Å². The number of hydrogen-bond donors (Lipinski definition) is 3. The highest BCUT2D eigenvalue weighted by atomic mass is 16.4. The molecule has 0 aliphatic heterocycles. The molecule has 0 bridgehead atoms. The van der Waals surface area contributed by atoms with Crippen LogP contribution in [0.2, 0.25) is 0 Å². The molecular formula is C20H32O4. The zero-order valence-corrected chi connectivity index (χ0v) is 14.7. The Balaban J connectivity index is 3.80. The second kappa shape index (κ2) is 16.2. The first kappa shape index (κ1) is 22.4. The summed E-state index contributed by atoms with van der Waals surface area (Å²) in [5.41, 5.74) is 0. The van der Waals surface area contributed by atoms with Gasteiger partial charge in [-0.2, -0.15) is 0 Å². The van der Waals surface area contributed by atoms with Crippen molar-refractivity contribution in [2.75, 3.05) is 0 Å². The number of rotatable bonds is 14. The zero-order chi connectivity index (χ0) is 18.0. The third-order valence-corrected chi connectivity index (χ3v) is 3.41. The van der Waals surface area contributed by atoms with Crippen molar-refractivity contribution in [3.8, 4) is 0 Å². The molecule has 2 atom stereocenters. The third-order valence-electron chi connectivity index (χ3n) is 3.41. The molecule has 0 aliphatic carbocycles. The Bertz CT molecular complexity index is 421. The minimum absolute atomic E-state index is 0.179. The lowest BCUT2D eigenvalue weighted by atomic mass is 10.1. The van der Waals surface area contributed by atoms with Crippen molar-refractivity contribution in [2.24, 2.45) is 0 Å². The number of aliphatic hydroxyl groups excluding tert-OH is 2. The standard InChI is InChI=1S/C20H32O4/c1-2-3-8-13-18(21)14-9-4-5-10-15-19(22)16-11-6-7-12-17-20(23)24/h4-6,9-11,14-15,18-19,21-22H,2-3,7-8,12-13,16-17H2,1H3,(H,23,24)/b5-4-,11-6-,14-9+,15-10+. The summed E-state index contributed by atoms with van der Waals surface area (Å²) in [5.74, 6) is -0.777. The summed E-state index contributed by atoms with van der Waals surface area (Å²) in [6, 6.07) is 0. The van der Waals surface area contributed by atoms with E-state index in [9.17, 15) is 15.0 Å². The molecule has 0 heterocycles. The van der Waals surface area contributed by atoms with Crippen molar-refractivity contribution < 1.29 is 20.1 Å². The molecular weight excluding hydrogens is 304 g/mol. The summed E-state index contributed by atoms with van der Waals surface area (Å²) in [5, 5.41) is 27.9. The molecule has 136 valence electrons. The topological polar surface area (TPSA) is 77.8 Å². The van der Waals surface area contributed by atoms with Gasteiger partial charge in [-0.25, -0.2) is 0 Å². The Morgan fingerprint density at radius 3 is 2.21 bits per heavy atom. The van der Waals surface area contributed by atoms with Gasteiger partial charge in [0.05, 0.1) is 12.2 Å². The maximum absolute atomic E-state index is 10.3. The van der Waals surface area contributed by atoms with Gasteiger partial charge in [0.2, 0.25) is 0 Å². The van der Waals surface area contributed by atoms with Gasteiger partial charge in [-0.15, -0.1) is 0 Å². The average molecular weight is 336 g/mol. The monoisotopic (exact) mass is 336 g/mol. The van der Waals surface area contributed by atoms with Crippen molar-refractivity contribution in [3.05, 3.63) is 48.6 Å². The lowest BCUT2D eigenvalue weighted by Gasteiger charge is -2.02. The van der Waals surface area contributed by atoms with Crippen LogP contribution in [0.4, 0.5) is 0 Å². The molecule has 0 aromatic carbocycles. The fourth-order valence-corrected chi connectivity index (χ4v) is 2.02. The molecule has 0 aromatic rings. The highest BCUT2D eigenvalue weighted by molar-refractivity contribution is 5.66. The van der Waals surface area contributed by atoms with Gasteiger partial charge in [0, 0.05) is 6.42 Å². The van der Waals surface area contributed by atoms with E-state index in [0.29, 0.717) is 19.3 Å². The first-order valence-electron chi connectivity index (χ1n) is 8.80. The van der Waals surface area contributed by atoms with E-state index in [1.165, 1.54) is 0 Å². The van der Waals surface area contributed by atoms with Gasteiger partial charge in [-0.05, 0) is 25.7 Å². The molecule has 0 saturated carbocycles. The Labute approximate surface area is 145 Å². The highest BCUT2D eigenvalue weighted by Crippen LogP contribution is 2.04. The van der Waals surface area contributed by atoms with Gasteiger partial charge < -0.3 is 15.3 Å². The number of allylic oxidation sites excluding steroid dienone is 5. The van der Waals surface area contributed by atoms with Crippen LogP contribution in [0.1, 0.15) is 58.3 Å². The van der Waals surface area contributed by atoms with E-state index in [0.717, 1.165) is 25.7 Å². The van der Waals surface area contributed by atoms with Gasteiger partial charge in [-0.3, -0.25) is 4.79 Å². The summed E-state index contributed by atoms with van der Waals surface area (Å²) in [4.78, 5) is 10.3. The Morgan fingerprint density at radius 2 is 1.58 bits per heavy atom. The van der Waals surface area contributed by atoms with Crippen LogP contribution in [0.15, 0.2) is 48.6 Å². The van der Waals surface area contributed by atoms with Crippen molar-refractivity contribution in [3.63, 3.8) is 0 Å². The van der Waals surface area contributed by atoms with E-state index in [1.807, 2.05) is 30.4 Å². The van der Waals surface area contributed by atoms with Crippen molar-refractivity contribution in [2.45, 2.75) is 70.5 Å². The summed E-state index contributed by atoms with van der Waals surface area (Å²) in [6.45, 7) is 2.14. The van der Waals surface area contributed by atoms with E-state index in [-0.39, 0.29) is 12.5 Å². The van der Waals surface area contributed by atoms with Crippen LogP contribution in [0.25, 0.3) is 0 Å². The molecule has 4 nitrogen and oxygen atoms in total. The van der Waals surface area contributed by atoms with Crippen LogP contribution in [0.3, 0.4) is 0 Å². The third kappa shape index (κ3) is 16.7. The number of carboxylic acid groups (broad SMARTS) is 1. The molecule has 0 aromatic heterocycles. The van der Waals surface area contributed by atoms with E-state index in [1.54, 1.807) is 18.2 Å². The maximum Gasteiger partial charge on any atom is 0.303 e. The Kier molecular flexibility index (Phi) is 15.1. The second-order valence-corrected chi connectivity index (χ2v) is 5.78. The predicted molar refractivity (Wildman–Crippen MR) is 98.8 cm³/mol. The quantitative estimate of drug-likeness (QED) is 0.253. The number of carboxylic acids is 1. The average Bonchev–Trinajstić information content (AvgIpc) is 2.54. The predicted octanol–water partition coefficient (Wildman–Crippen LogP) is 4.16. The Hall–Kier alpha value is -1.65. The SMILES string of the molecule is CCCCCC(O)/C=C/C=C\C=C\C(O)C/C=C\CCCC(=O)O. The lowest BCUT2D eigenvalue weighted by molar-refractivity contribution is -0.137. The molecule has 0 saturated heterocycles. The minimum Gasteiger partial charge on any atom is -0.481 e. The van der Waals surface area contributed by atoms with Gasteiger partial charge >= 0.3 is 5.97 Å². The number of carbonyl (C=O) groups is 1. The molecule has 0 radical (unpaired) electrons. The van der Waals surface area contributed by atoms with Crippen LogP contribution < -0.4 is 0 Å². The van der Waals surface area contributed by atoms with Crippen LogP contribution >= 0.6 is 0 Å². The fraction of sp³-hybridized carbons (Fsp3) is 0.550. The zero-order valence-electron chi connectivity index (χ0n) is 14.7. The van der Waals surface area contributed by atoms with Crippen molar-refractivity contribution >= 4 is 5.97 Å².